The number of nitrogens with one attached hydrogen (secondary N) is 1. The van der Waals surface area contributed by atoms with Crippen molar-refractivity contribution in [3.8, 4) is 0 Å². The second-order valence-electron chi connectivity index (χ2n) is 4.27. The van der Waals surface area contributed by atoms with Crippen LogP contribution >= 0.6 is 11.6 Å². The zero-order valence-electron chi connectivity index (χ0n) is 8.56. The van der Waals surface area contributed by atoms with Crippen molar-refractivity contribution in [1.82, 2.24) is 0 Å². The molecule has 4 heteroatoms. The van der Waals surface area contributed by atoms with E-state index in [0.717, 1.165) is 18.8 Å². The topological polar surface area (TPSA) is 38.0 Å². The normalized spacial score (nSPS) is 24.7. The maximum atomic E-state index is 13.2. The molecule has 3 N–H and O–H groups in total. The highest BCUT2D eigenvalue weighted by Gasteiger charge is 2.25. The van der Waals surface area contributed by atoms with Gasteiger partial charge < -0.3 is 11.1 Å². The minimum atomic E-state index is -0.430. The van der Waals surface area contributed by atoms with E-state index in [0.29, 0.717) is 17.4 Å². The average molecular weight is 229 g/mol. The number of benzene rings is 1. The minimum absolute atomic E-state index is 0.0695. The van der Waals surface area contributed by atoms with Crippen LogP contribution < -0.4 is 11.1 Å². The standard InChI is InChI=1S/C11H14ClFN2/c1-6-2-7(3-6)15-11-5-9(13)8(12)4-10(11)14/h4-7,15H,2-3,14H2,1H3. The first kappa shape index (κ1) is 10.6. The van der Waals surface area contributed by atoms with Crippen LogP contribution in [0.5, 0.6) is 0 Å². The number of anilines is 2. The van der Waals surface area contributed by atoms with E-state index in [4.69, 9.17) is 17.3 Å². The first-order chi connectivity index (χ1) is 7.06. The van der Waals surface area contributed by atoms with Crippen LogP contribution in [0.1, 0.15) is 19.8 Å². The number of hydrogen-bond acceptors (Lipinski definition) is 2. The van der Waals surface area contributed by atoms with Crippen LogP contribution in [-0.2, 0) is 0 Å². The molecule has 1 aliphatic carbocycles. The number of halogens is 2. The van der Waals surface area contributed by atoms with Crippen molar-refractivity contribution in [3.05, 3.63) is 23.0 Å². The lowest BCUT2D eigenvalue weighted by atomic mass is 9.82. The smallest absolute Gasteiger partial charge is 0.143 e. The third kappa shape index (κ3) is 2.17. The summed E-state index contributed by atoms with van der Waals surface area (Å²) in [6.07, 6.45) is 2.23. The van der Waals surface area contributed by atoms with Gasteiger partial charge in [-0.15, -0.1) is 0 Å². The van der Waals surface area contributed by atoms with Crippen LogP contribution in [-0.4, -0.2) is 6.04 Å². The van der Waals surface area contributed by atoms with Crippen molar-refractivity contribution in [2.45, 2.75) is 25.8 Å². The van der Waals surface area contributed by atoms with Crippen LogP contribution in [0.4, 0.5) is 15.8 Å². The largest absolute Gasteiger partial charge is 0.397 e. The monoisotopic (exact) mass is 228 g/mol. The molecule has 0 saturated heterocycles. The number of nitrogen functional groups attached to an aromatic ring is 1. The SMILES string of the molecule is CC1CC(Nc2cc(F)c(Cl)cc2N)C1. The molecule has 1 aliphatic rings. The van der Waals surface area contributed by atoms with E-state index < -0.39 is 5.82 Å². The molecule has 0 unspecified atom stereocenters. The highest BCUT2D eigenvalue weighted by atomic mass is 35.5. The van der Waals surface area contributed by atoms with Crippen LogP contribution in [0, 0.1) is 11.7 Å². The van der Waals surface area contributed by atoms with Gasteiger partial charge in [0.25, 0.3) is 0 Å². The lowest BCUT2D eigenvalue weighted by molar-refractivity contribution is 0.309. The predicted octanol–water partition coefficient (Wildman–Crippen LogP) is 3.27. The maximum Gasteiger partial charge on any atom is 0.143 e. The van der Waals surface area contributed by atoms with Gasteiger partial charge in [-0.3, -0.25) is 0 Å². The molecule has 1 saturated carbocycles. The molecule has 1 aromatic rings. The van der Waals surface area contributed by atoms with Crippen LogP contribution in [0.15, 0.2) is 12.1 Å². The van der Waals surface area contributed by atoms with Gasteiger partial charge in [-0.1, -0.05) is 18.5 Å². The van der Waals surface area contributed by atoms with Gasteiger partial charge in [0, 0.05) is 12.1 Å². The van der Waals surface area contributed by atoms with Gasteiger partial charge in [0.05, 0.1) is 16.4 Å². The first-order valence-electron chi connectivity index (χ1n) is 5.07. The van der Waals surface area contributed by atoms with Gasteiger partial charge >= 0.3 is 0 Å². The first-order valence-corrected chi connectivity index (χ1v) is 5.45. The zero-order valence-corrected chi connectivity index (χ0v) is 9.31. The maximum absolute atomic E-state index is 13.2. The lowest BCUT2D eigenvalue weighted by Crippen LogP contribution is -2.34. The van der Waals surface area contributed by atoms with E-state index in [2.05, 4.69) is 12.2 Å². The third-order valence-corrected chi connectivity index (χ3v) is 3.12. The molecule has 0 heterocycles. The summed E-state index contributed by atoms with van der Waals surface area (Å²) in [4.78, 5) is 0. The van der Waals surface area contributed by atoms with E-state index in [1.807, 2.05) is 0 Å². The Labute approximate surface area is 93.6 Å². The van der Waals surface area contributed by atoms with E-state index in [-0.39, 0.29) is 5.02 Å². The fraction of sp³-hybridized carbons (Fsp3) is 0.455. The molecule has 0 aliphatic heterocycles. The Morgan fingerprint density at radius 1 is 1.47 bits per heavy atom. The molecule has 1 fully saturated rings. The molecule has 0 aromatic heterocycles. The Kier molecular flexibility index (Phi) is 2.74. The highest BCUT2D eigenvalue weighted by molar-refractivity contribution is 6.31. The van der Waals surface area contributed by atoms with Crippen LogP contribution in [0.25, 0.3) is 0 Å². The van der Waals surface area contributed by atoms with Crippen LogP contribution in [0.2, 0.25) is 5.02 Å². The van der Waals surface area contributed by atoms with Crippen molar-refractivity contribution >= 4 is 23.0 Å². The molecule has 15 heavy (non-hydrogen) atoms. The van der Waals surface area contributed by atoms with Crippen molar-refractivity contribution in [2.75, 3.05) is 11.1 Å². The molecule has 82 valence electrons. The quantitative estimate of drug-likeness (QED) is 0.763. The zero-order chi connectivity index (χ0) is 11.0. The Balaban J connectivity index is 2.11. The molecule has 0 bridgehead atoms. The molecular formula is C11H14ClFN2. The minimum Gasteiger partial charge on any atom is -0.397 e. The highest BCUT2D eigenvalue weighted by Crippen LogP contribution is 2.33. The fourth-order valence-corrected chi connectivity index (χ4v) is 2.10. The van der Waals surface area contributed by atoms with Gasteiger partial charge in [0.2, 0.25) is 0 Å². The summed E-state index contributed by atoms with van der Waals surface area (Å²) in [7, 11) is 0. The lowest BCUT2D eigenvalue weighted by Gasteiger charge is -2.34. The average Bonchev–Trinajstić information content (AvgIpc) is 2.11. The van der Waals surface area contributed by atoms with Crippen molar-refractivity contribution < 1.29 is 4.39 Å². The Bertz CT molecular complexity index is 375. The second kappa shape index (κ2) is 3.89. The molecule has 0 amide bonds. The number of nitrogens with two attached hydrogens (primary N) is 1. The summed E-state index contributed by atoms with van der Waals surface area (Å²) in [6.45, 7) is 2.20. The van der Waals surface area contributed by atoms with Crippen molar-refractivity contribution in [3.63, 3.8) is 0 Å². The Hall–Kier alpha value is -0.960. The predicted molar refractivity (Wildman–Crippen MR) is 61.6 cm³/mol. The molecule has 0 radical (unpaired) electrons. The summed E-state index contributed by atoms with van der Waals surface area (Å²) < 4.78 is 13.2. The summed E-state index contributed by atoms with van der Waals surface area (Å²) >= 11 is 5.61. The fourth-order valence-electron chi connectivity index (χ4n) is 1.93. The van der Waals surface area contributed by atoms with E-state index >= 15 is 0 Å². The van der Waals surface area contributed by atoms with Gasteiger partial charge in [0.1, 0.15) is 5.82 Å². The number of hydrogen-bond donors (Lipinski definition) is 2. The molecule has 0 atom stereocenters. The van der Waals surface area contributed by atoms with E-state index in [1.54, 1.807) is 0 Å². The second-order valence-corrected chi connectivity index (χ2v) is 4.68. The summed E-state index contributed by atoms with van der Waals surface area (Å²) in [5, 5.41) is 3.29. The molecule has 2 nitrogen and oxygen atoms in total. The van der Waals surface area contributed by atoms with E-state index in [1.165, 1.54) is 12.1 Å². The Morgan fingerprint density at radius 2 is 2.13 bits per heavy atom. The Morgan fingerprint density at radius 3 is 2.73 bits per heavy atom. The molecular weight excluding hydrogens is 215 g/mol. The summed E-state index contributed by atoms with van der Waals surface area (Å²) in [5.41, 5.74) is 6.89. The molecule has 1 aromatic carbocycles. The third-order valence-electron chi connectivity index (χ3n) is 2.83. The van der Waals surface area contributed by atoms with Gasteiger partial charge in [0.15, 0.2) is 0 Å². The van der Waals surface area contributed by atoms with Gasteiger partial charge in [-0.25, -0.2) is 4.39 Å². The molecule has 2 rings (SSSR count). The summed E-state index contributed by atoms with van der Waals surface area (Å²) in [6, 6.07) is 3.23. The van der Waals surface area contributed by atoms with Gasteiger partial charge in [-0.05, 0) is 24.8 Å². The summed E-state index contributed by atoms with van der Waals surface area (Å²) in [5.74, 6) is 0.321. The van der Waals surface area contributed by atoms with Gasteiger partial charge in [-0.2, -0.15) is 0 Å². The molecule has 0 spiro atoms. The van der Waals surface area contributed by atoms with Crippen LogP contribution in [0.3, 0.4) is 0 Å². The van der Waals surface area contributed by atoms with Crippen molar-refractivity contribution in [2.24, 2.45) is 5.92 Å². The van der Waals surface area contributed by atoms with E-state index in [9.17, 15) is 4.39 Å². The number of rotatable bonds is 2. The van der Waals surface area contributed by atoms with Crippen molar-refractivity contribution in [1.29, 1.82) is 0 Å².